The molecular formula is C9H8ClNO. The van der Waals surface area contributed by atoms with Crippen molar-refractivity contribution in [2.45, 2.75) is 0 Å². The van der Waals surface area contributed by atoms with E-state index in [0.717, 1.165) is 10.9 Å². The first-order valence-electron chi connectivity index (χ1n) is 3.63. The first kappa shape index (κ1) is 7.50. The van der Waals surface area contributed by atoms with Crippen LogP contribution in [0.15, 0.2) is 24.3 Å². The second kappa shape index (κ2) is 2.42. The molecule has 0 bridgehead atoms. The number of rotatable bonds is 0. The minimum Gasteiger partial charge on any atom is -0.506 e. The molecular weight excluding hydrogens is 174 g/mol. The summed E-state index contributed by atoms with van der Waals surface area (Å²) in [4.78, 5) is 0. The highest BCUT2D eigenvalue weighted by Gasteiger charge is 2.06. The summed E-state index contributed by atoms with van der Waals surface area (Å²) < 4.78 is 1.76. The fraction of sp³-hybridized carbons (Fsp3) is 0.111. The number of hydrogen-bond donors (Lipinski definition) is 1. The van der Waals surface area contributed by atoms with Gasteiger partial charge in [0.1, 0.15) is 10.9 Å². The van der Waals surface area contributed by atoms with Gasteiger partial charge >= 0.3 is 0 Å². The average molecular weight is 182 g/mol. The van der Waals surface area contributed by atoms with Gasteiger partial charge in [0.05, 0.1) is 5.52 Å². The van der Waals surface area contributed by atoms with E-state index in [1.54, 1.807) is 16.7 Å². The molecule has 0 saturated heterocycles. The fourth-order valence-corrected chi connectivity index (χ4v) is 1.56. The number of benzene rings is 1. The first-order valence-corrected chi connectivity index (χ1v) is 4.01. The summed E-state index contributed by atoms with van der Waals surface area (Å²) in [6.45, 7) is 0. The van der Waals surface area contributed by atoms with E-state index in [-0.39, 0.29) is 5.75 Å². The molecule has 0 unspecified atom stereocenters. The number of hydrogen-bond acceptors (Lipinski definition) is 1. The van der Waals surface area contributed by atoms with Gasteiger partial charge in [-0.25, -0.2) is 0 Å². The standard InChI is InChI=1S/C9H8ClNO/c1-11-8(10)5-6-3-2-4-7(12)9(6)11/h2-5,12H,1H3. The Balaban J connectivity index is 2.97. The van der Waals surface area contributed by atoms with E-state index in [9.17, 15) is 5.11 Å². The maximum absolute atomic E-state index is 9.49. The van der Waals surface area contributed by atoms with Gasteiger partial charge in [-0.1, -0.05) is 23.7 Å². The Hall–Kier alpha value is -1.15. The molecule has 0 aliphatic heterocycles. The highest BCUT2D eigenvalue weighted by Crippen LogP contribution is 2.28. The molecule has 2 aromatic rings. The number of aromatic hydroxyl groups is 1. The average Bonchev–Trinajstić information content (AvgIpc) is 2.29. The lowest BCUT2D eigenvalue weighted by atomic mass is 10.2. The molecule has 1 aromatic carbocycles. The van der Waals surface area contributed by atoms with Crippen molar-refractivity contribution in [3.05, 3.63) is 29.4 Å². The van der Waals surface area contributed by atoms with Crippen LogP contribution >= 0.6 is 11.6 Å². The normalized spacial score (nSPS) is 10.8. The van der Waals surface area contributed by atoms with Crippen LogP contribution in [-0.2, 0) is 7.05 Å². The third-order valence-electron chi connectivity index (χ3n) is 1.98. The van der Waals surface area contributed by atoms with Crippen molar-refractivity contribution in [1.29, 1.82) is 0 Å². The first-order chi connectivity index (χ1) is 5.70. The lowest BCUT2D eigenvalue weighted by molar-refractivity contribution is 0.479. The third-order valence-corrected chi connectivity index (χ3v) is 2.34. The monoisotopic (exact) mass is 181 g/mol. The molecule has 12 heavy (non-hydrogen) atoms. The Bertz CT molecular complexity index is 433. The lowest BCUT2D eigenvalue weighted by Gasteiger charge is -1.99. The zero-order valence-electron chi connectivity index (χ0n) is 6.58. The Morgan fingerprint density at radius 1 is 1.42 bits per heavy atom. The molecule has 0 aliphatic carbocycles. The third kappa shape index (κ3) is 0.883. The second-order valence-corrected chi connectivity index (χ2v) is 3.13. The number of fused-ring (bicyclic) bond motifs is 1. The summed E-state index contributed by atoms with van der Waals surface area (Å²) in [5.74, 6) is 0.266. The van der Waals surface area contributed by atoms with Gasteiger partial charge in [0.2, 0.25) is 0 Å². The van der Waals surface area contributed by atoms with Crippen molar-refractivity contribution < 1.29 is 5.11 Å². The number of aromatic nitrogens is 1. The molecule has 2 nitrogen and oxygen atoms in total. The Morgan fingerprint density at radius 3 is 2.83 bits per heavy atom. The van der Waals surface area contributed by atoms with Crippen LogP contribution in [0.4, 0.5) is 0 Å². The quantitative estimate of drug-likeness (QED) is 0.664. The van der Waals surface area contributed by atoms with E-state index in [0.29, 0.717) is 5.15 Å². The Labute approximate surface area is 75.0 Å². The molecule has 1 aromatic heterocycles. The molecule has 0 fully saturated rings. The van der Waals surface area contributed by atoms with E-state index in [1.807, 2.05) is 19.2 Å². The molecule has 0 atom stereocenters. The van der Waals surface area contributed by atoms with Crippen LogP contribution in [0.3, 0.4) is 0 Å². The predicted octanol–water partition coefficient (Wildman–Crippen LogP) is 2.54. The molecule has 2 rings (SSSR count). The van der Waals surface area contributed by atoms with Crippen LogP contribution in [0.1, 0.15) is 0 Å². The van der Waals surface area contributed by atoms with Crippen molar-refractivity contribution >= 4 is 22.5 Å². The van der Waals surface area contributed by atoms with E-state index >= 15 is 0 Å². The fourth-order valence-electron chi connectivity index (χ4n) is 1.36. The van der Waals surface area contributed by atoms with E-state index in [4.69, 9.17) is 11.6 Å². The number of nitrogens with zero attached hydrogens (tertiary/aromatic N) is 1. The molecule has 0 radical (unpaired) electrons. The molecule has 1 heterocycles. The van der Waals surface area contributed by atoms with E-state index in [2.05, 4.69) is 0 Å². The lowest BCUT2D eigenvalue weighted by Crippen LogP contribution is -1.85. The topological polar surface area (TPSA) is 25.2 Å². The van der Waals surface area contributed by atoms with Crippen LogP contribution in [0.25, 0.3) is 10.9 Å². The van der Waals surface area contributed by atoms with Crippen LogP contribution in [0.5, 0.6) is 5.75 Å². The zero-order valence-corrected chi connectivity index (χ0v) is 7.34. The summed E-state index contributed by atoms with van der Waals surface area (Å²) in [5, 5.41) is 11.1. The molecule has 0 aliphatic rings. The van der Waals surface area contributed by atoms with Gasteiger partial charge in [-0.05, 0) is 12.1 Å². The van der Waals surface area contributed by atoms with Gasteiger partial charge in [-0.2, -0.15) is 0 Å². The van der Waals surface area contributed by atoms with Crippen LogP contribution < -0.4 is 0 Å². The van der Waals surface area contributed by atoms with Crippen LogP contribution in [-0.4, -0.2) is 9.67 Å². The Morgan fingerprint density at radius 2 is 2.17 bits per heavy atom. The summed E-state index contributed by atoms with van der Waals surface area (Å²) in [6, 6.07) is 7.20. The van der Waals surface area contributed by atoms with Gasteiger partial charge in [0, 0.05) is 12.4 Å². The minimum absolute atomic E-state index is 0.266. The minimum atomic E-state index is 0.266. The zero-order chi connectivity index (χ0) is 8.72. The number of phenolic OH excluding ortho intramolecular Hbond substituents is 1. The van der Waals surface area contributed by atoms with Gasteiger partial charge in [0.25, 0.3) is 0 Å². The van der Waals surface area contributed by atoms with Gasteiger partial charge in [0.15, 0.2) is 0 Å². The molecule has 0 amide bonds. The molecule has 3 heteroatoms. The van der Waals surface area contributed by atoms with Crippen molar-refractivity contribution in [2.24, 2.45) is 7.05 Å². The number of para-hydroxylation sites is 1. The predicted molar refractivity (Wildman–Crippen MR) is 49.6 cm³/mol. The largest absolute Gasteiger partial charge is 0.506 e. The summed E-state index contributed by atoms with van der Waals surface area (Å²) >= 11 is 5.88. The number of halogens is 1. The second-order valence-electron chi connectivity index (χ2n) is 2.74. The highest BCUT2D eigenvalue weighted by atomic mass is 35.5. The maximum atomic E-state index is 9.49. The SMILES string of the molecule is Cn1c(Cl)cc2cccc(O)c21. The maximum Gasteiger partial charge on any atom is 0.139 e. The summed E-state index contributed by atoms with van der Waals surface area (Å²) in [6.07, 6.45) is 0. The number of phenols is 1. The van der Waals surface area contributed by atoms with Crippen molar-refractivity contribution in [1.82, 2.24) is 4.57 Å². The van der Waals surface area contributed by atoms with Crippen molar-refractivity contribution in [3.63, 3.8) is 0 Å². The van der Waals surface area contributed by atoms with Gasteiger partial charge in [-0.15, -0.1) is 0 Å². The molecule has 1 N–H and O–H groups in total. The van der Waals surface area contributed by atoms with Gasteiger partial charge in [-0.3, -0.25) is 0 Å². The highest BCUT2D eigenvalue weighted by molar-refractivity contribution is 6.31. The molecule has 0 saturated carbocycles. The van der Waals surface area contributed by atoms with Gasteiger partial charge < -0.3 is 9.67 Å². The van der Waals surface area contributed by atoms with Crippen LogP contribution in [0.2, 0.25) is 5.15 Å². The molecule has 62 valence electrons. The van der Waals surface area contributed by atoms with Crippen molar-refractivity contribution in [3.8, 4) is 5.75 Å². The summed E-state index contributed by atoms with van der Waals surface area (Å²) in [7, 11) is 1.82. The van der Waals surface area contributed by atoms with E-state index < -0.39 is 0 Å². The molecule has 0 spiro atoms. The summed E-state index contributed by atoms with van der Waals surface area (Å²) in [5.41, 5.74) is 0.780. The van der Waals surface area contributed by atoms with E-state index in [1.165, 1.54) is 0 Å². The number of aryl methyl sites for hydroxylation is 1. The Kier molecular flexibility index (Phi) is 1.51. The smallest absolute Gasteiger partial charge is 0.139 e. The van der Waals surface area contributed by atoms with Crippen molar-refractivity contribution in [2.75, 3.05) is 0 Å². The van der Waals surface area contributed by atoms with Crippen LogP contribution in [0, 0.1) is 0 Å².